The summed E-state index contributed by atoms with van der Waals surface area (Å²) in [6.45, 7) is 0.445. The van der Waals surface area contributed by atoms with Gasteiger partial charge in [-0.25, -0.2) is 4.98 Å². The van der Waals surface area contributed by atoms with Crippen LogP contribution in [-0.4, -0.2) is 32.1 Å². The van der Waals surface area contributed by atoms with E-state index in [0.29, 0.717) is 17.9 Å². The van der Waals surface area contributed by atoms with Crippen LogP contribution in [0.25, 0.3) is 0 Å². The third-order valence-corrected chi connectivity index (χ3v) is 4.29. The number of methoxy groups -OCH3 is 1. The van der Waals surface area contributed by atoms with Gasteiger partial charge in [-0.3, -0.25) is 4.79 Å². The topological polar surface area (TPSA) is 66.5 Å². The van der Waals surface area contributed by atoms with Crippen LogP contribution < -0.4 is 20.3 Å². The average Bonchev–Trinajstić information content (AvgIpc) is 2.73. The Labute approximate surface area is 165 Å². The minimum absolute atomic E-state index is 0.162. The van der Waals surface area contributed by atoms with Crippen molar-refractivity contribution in [3.8, 4) is 5.75 Å². The first-order chi connectivity index (χ1) is 13.5. The van der Waals surface area contributed by atoms with Gasteiger partial charge in [-0.2, -0.15) is 0 Å². The molecule has 0 aliphatic rings. The van der Waals surface area contributed by atoms with Crippen molar-refractivity contribution in [2.45, 2.75) is 6.54 Å². The van der Waals surface area contributed by atoms with Crippen LogP contribution in [0.5, 0.6) is 5.75 Å². The van der Waals surface area contributed by atoms with Crippen LogP contribution in [0.2, 0.25) is 0 Å². The Balaban J connectivity index is 1.56. The van der Waals surface area contributed by atoms with Gasteiger partial charge in [-0.15, -0.1) is 0 Å². The van der Waals surface area contributed by atoms with Gasteiger partial charge in [0.15, 0.2) is 0 Å². The van der Waals surface area contributed by atoms with Crippen LogP contribution in [-0.2, 0) is 6.54 Å². The number of hydrogen-bond acceptors (Lipinski definition) is 5. The van der Waals surface area contributed by atoms with Crippen molar-refractivity contribution >= 4 is 23.1 Å². The first-order valence-corrected chi connectivity index (χ1v) is 8.97. The van der Waals surface area contributed by atoms with Crippen molar-refractivity contribution in [2.75, 3.05) is 31.4 Å². The van der Waals surface area contributed by atoms with Crippen molar-refractivity contribution in [2.24, 2.45) is 0 Å². The molecule has 0 bridgehead atoms. The Morgan fingerprint density at radius 3 is 2.29 bits per heavy atom. The number of rotatable bonds is 7. The van der Waals surface area contributed by atoms with E-state index in [2.05, 4.69) is 15.6 Å². The highest BCUT2D eigenvalue weighted by Crippen LogP contribution is 2.19. The van der Waals surface area contributed by atoms with Gasteiger partial charge in [0.1, 0.15) is 11.6 Å². The van der Waals surface area contributed by atoms with E-state index in [9.17, 15) is 4.79 Å². The van der Waals surface area contributed by atoms with Gasteiger partial charge in [-0.05, 0) is 54.1 Å². The third kappa shape index (κ3) is 5.01. The largest absolute Gasteiger partial charge is 0.497 e. The zero-order valence-corrected chi connectivity index (χ0v) is 16.3. The minimum atomic E-state index is -0.162. The molecule has 6 nitrogen and oxygen atoms in total. The number of pyridine rings is 1. The van der Waals surface area contributed by atoms with Crippen molar-refractivity contribution in [1.82, 2.24) is 10.3 Å². The number of nitrogens with one attached hydrogen (secondary N) is 2. The highest BCUT2D eigenvalue weighted by Gasteiger charge is 2.07. The molecule has 1 heterocycles. The number of carbonyl (C=O) groups is 1. The van der Waals surface area contributed by atoms with Gasteiger partial charge >= 0.3 is 0 Å². The Morgan fingerprint density at radius 2 is 1.71 bits per heavy atom. The molecule has 0 unspecified atom stereocenters. The summed E-state index contributed by atoms with van der Waals surface area (Å²) in [6, 6.07) is 19.2. The maximum absolute atomic E-state index is 12.3. The number of nitrogens with zero attached hydrogens (tertiary/aromatic N) is 2. The lowest BCUT2D eigenvalue weighted by Crippen LogP contribution is -2.22. The quantitative estimate of drug-likeness (QED) is 0.656. The predicted molar refractivity (Wildman–Crippen MR) is 112 cm³/mol. The highest BCUT2D eigenvalue weighted by molar-refractivity contribution is 5.94. The van der Waals surface area contributed by atoms with Crippen LogP contribution in [0.15, 0.2) is 66.9 Å². The minimum Gasteiger partial charge on any atom is -0.497 e. The Hall–Kier alpha value is -3.54. The van der Waals surface area contributed by atoms with Gasteiger partial charge in [0, 0.05) is 38.2 Å². The van der Waals surface area contributed by atoms with Crippen LogP contribution >= 0.6 is 0 Å². The summed E-state index contributed by atoms with van der Waals surface area (Å²) in [7, 11) is 5.63. The van der Waals surface area contributed by atoms with Crippen molar-refractivity contribution in [3.63, 3.8) is 0 Å². The first-order valence-electron chi connectivity index (χ1n) is 8.97. The maximum Gasteiger partial charge on any atom is 0.253 e. The van der Waals surface area contributed by atoms with E-state index in [1.54, 1.807) is 25.4 Å². The number of carbonyl (C=O) groups excluding carboxylic acids is 1. The predicted octanol–water partition coefficient (Wildman–Crippen LogP) is 3.83. The fraction of sp³-hybridized carbons (Fsp3) is 0.182. The fourth-order valence-electron chi connectivity index (χ4n) is 2.62. The summed E-state index contributed by atoms with van der Waals surface area (Å²) in [5.74, 6) is 1.31. The Bertz CT molecular complexity index is 905. The van der Waals surface area contributed by atoms with Gasteiger partial charge in [-0.1, -0.05) is 12.1 Å². The average molecular weight is 376 g/mol. The Kier molecular flexibility index (Phi) is 6.11. The summed E-state index contributed by atoms with van der Waals surface area (Å²) in [6.07, 6.45) is 1.57. The molecule has 0 fully saturated rings. The molecule has 3 aromatic rings. The molecule has 0 radical (unpaired) electrons. The Morgan fingerprint density at radius 1 is 1.00 bits per heavy atom. The molecule has 2 aromatic carbocycles. The summed E-state index contributed by atoms with van der Waals surface area (Å²) in [5.41, 5.74) is 3.58. The van der Waals surface area contributed by atoms with Crippen LogP contribution in [0, 0.1) is 0 Å². The highest BCUT2D eigenvalue weighted by atomic mass is 16.5. The lowest BCUT2D eigenvalue weighted by molar-refractivity contribution is 0.0950. The third-order valence-electron chi connectivity index (χ3n) is 4.29. The molecule has 0 saturated carbocycles. The van der Waals surface area contributed by atoms with Crippen LogP contribution in [0.1, 0.15) is 15.9 Å². The van der Waals surface area contributed by atoms with Gasteiger partial charge in [0.25, 0.3) is 5.91 Å². The van der Waals surface area contributed by atoms with Gasteiger partial charge in [0.05, 0.1) is 12.7 Å². The molecule has 0 aliphatic heterocycles. The first kappa shape index (κ1) is 19.2. The number of aromatic nitrogens is 1. The second-order valence-corrected chi connectivity index (χ2v) is 6.53. The molecule has 3 rings (SSSR count). The van der Waals surface area contributed by atoms with Gasteiger partial charge in [0.2, 0.25) is 0 Å². The number of hydrogen-bond donors (Lipinski definition) is 2. The molecule has 144 valence electrons. The lowest BCUT2D eigenvalue weighted by atomic mass is 10.2. The van der Waals surface area contributed by atoms with E-state index in [1.807, 2.05) is 67.5 Å². The standard InChI is InChI=1S/C22H24N4O2/c1-26(2)19-9-7-18(8-10-19)25-21-13-6-17(15-23-21)22(27)24-14-16-4-11-20(28-3)12-5-16/h4-13,15H,14H2,1-3H3,(H,23,25)(H,24,27). The van der Waals surface area contributed by atoms with E-state index in [1.165, 1.54) is 0 Å². The summed E-state index contributed by atoms with van der Waals surface area (Å²) >= 11 is 0. The zero-order chi connectivity index (χ0) is 19.9. The molecule has 0 aliphatic carbocycles. The van der Waals surface area contributed by atoms with E-state index in [-0.39, 0.29) is 5.91 Å². The molecule has 0 saturated heterocycles. The zero-order valence-electron chi connectivity index (χ0n) is 16.3. The number of ether oxygens (including phenoxy) is 1. The second-order valence-electron chi connectivity index (χ2n) is 6.53. The fourth-order valence-corrected chi connectivity index (χ4v) is 2.62. The number of benzene rings is 2. The molecule has 0 spiro atoms. The smallest absolute Gasteiger partial charge is 0.253 e. The molecule has 2 N–H and O–H groups in total. The molecule has 1 aromatic heterocycles. The second kappa shape index (κ2) is 8.90. The van der Waals surface area contributed by atoms with Crippen molar-refractivity contribution < 1.29 is 9.53 Å². The molecule has 1 amide bonds. The molecular weight excluding hydrogens is 352 g/mol. The van der Waals surface area contributed by atoms with E-state index in [4.69, 9.17) is 4.74 Å². The molecule has 0 atom stereocenters. The van der Waals surface area contributed by atoms with E-state index >= 15 is 0 Å². The van der Waals surface area contributed by atoms with Crippen LogP contribution in [0.4, 0.5) is 17.2 Å². The van der Waals surface area contributed by atoms with Gasteiger partial charge < -0.3 is 20.3 Å². The van der Waals surface area contributed by atoms with Crippen molar-refractivity contribution in [3.05, 3.63) is 78.0 Å². The molecule has 6 heteroatoms. The monoisotopic (exact) mass is 376 g/mol. The van der Waals surface area contributed by atoms with Crippen molar-refractivity contribution in [1.29, 1.82) is 0 Å². The summed E-state index contributed by atoms with van der Waals surface area (Å²) < 4.78 is 5.13. The SMILES string of the molecule is COc1ccc(CNC(=O)c2ccc(Nc3ccc(N(C)C)cc3)nc2)cc1. The van der Waals surface area contributed by atoms with E-state index in [0.717, 1.165) is 22.7 Å². The summed E-state index contributed by atoms with van der Waals surface area (Å²) in [4.78, 5) is 18.7. The van der Waals surface area contributed by atoms with Crippen LogP contribution in [0.3, 0.4) is 0 Å². The molecule has 28 heavy (non-hydrogen) atoms. The number of amides is 1. The molecular formula is C22H24N4O2. The summed E-state index contributed by atoms with van der Waals surface area (Å²) in [5, 5.41) is 6.13. The number of anilines is 3. The normalized spacial score (nSPS) is 10.2. The maximum atomic E-state index is 12.3. The lowest BCUT2D eigenvalue weighted by Gasteiger charge is -2.13. The van der Waals surface area contributed by atoms with E-state index < -0.39 is 0 Å².